The molecule has 1 fully saturated rings. The number of hydrogen-bond acceptors (Lipinski definition) is 3. The van der Waals surface area contributed by atoms with Crippen molar-refractivity contribution in [3.8, 4) is 6.07 Å². The molecule has 0 radical (unpaired) electrons. The Labute approximate surface area is 59.0 Å². The summed E-state index contributed by atoms with van der Waals surface area (Å²) in [6.07, 6.45) is 0.561. The van der Waals surface area contributed by atoms with E-state index in [1.165, 1.54) is 0 Å². The number of carbonyl (C=O) groups is 1. The molecule has 1 aliphatic heterocycles. The Morgan fingerprint density at radius 3 is 2.80 bits per heavy atom. The SMILES string of the molecule is N#CC1CNC(C(N)=O)C1. The molecule has 0 spiro atoms. The van der Waals surface area contributed by atoms with Crippen LogP contribution in [0.1, 0.15) is 6.42 Å². The number of nitriles is 1. The third-order valence-electron chi connectivity index (χ3n) is 1.66. The highest BCUT2D eigenvalue weighted by atomic mass is 16.1. The van der Waals surface area contributed by atoms with Crippen molar-refractivity contribution in [1.29, 1.82) is 5.26 Å². The first-order valence-corrected chi connectivity index (χ1v) is 3.16. The van der Waals surface area contributed by atoms with Crippen LogP contribution in [0.25, 0.3) is 0 Å². The Hall–Kier alpha value is -1.08. The number of primary amides is 1. The maximum atomic E-state index is 10.5. The van der Waals surface area contributed by atoms with Crippen LogP contribution in [0.15, 0.2) is 0 Å². The van der Waals surface area contributed by atoms with Gasteiger partial charge in [0, 0.05) is 6.54 Å². The van der Waals surface area contributed by atoms with Gasteiger partial charge in [0.15, 0.2) is 0 Å². The lowest BCUT2D eigenvalue weighted by Gasteiger charge is -2.01. The first-order chi connectivity index (χ1) is 4.74. The normalized spacial score (nSPS) is 31.5. The third kappa shape index (κ3) is 1.25. The maximum absolute atomic E-state index is 10.5. The monoisotopic (exact) mass is 139 g/mol. The molecule has 2 unspecified atom stereocenters. The molecule has 1 rings (SSSR count). The van der Waals surface area contributed by atoms with Crippen molar-refractivity contribution in [1.82, 2.24) is 5.32 Å². The topological polar surface area (TPSA) is 78.9 Å². The largest absolute Gasteiger partial charge is 0.368 e. The Kier molecular flexibility index (Phi) is 1.88. The van der Waals surface area contributed by atoms with E-state index in [9.17, 15) is 4.79 Å². The van der Waals surface area contributed by atoms with Crippen LogP contribution in [-0.2, 0) is 4.79 Å². The number of nitrogens with zero attached hydrogens (tertiary/aromatic N) is 1. The molecule has 0 aromatic heterocycles. The minimum Gasteiger partial charge on any atom is -0.368 e. The second kappa shape index (κ2) is 2.67. The van der Waals surface area contributed by atoms with Gasteiger partial charge >= 0.3 is 0 Å². The van der Waals surface area contributed by atoms with Crippen LogP contribution in [0.4, 0.5) is 0 Å². The van der Waals surface area contributed by atoms with E-state index < -0.39 is 0 Å². The molecule has 0 saturated carbocycles. The molecule has 4 heteroatoms. The summed E-state index contributed by atoms with van der Waals surface area (Å²) in [7, 11) is 0. The molecule has 1 heterocycles. The summed E-state index contributed by atoms with van der Waals surface area (Å²) in [6, 6.07) is 1.79. The lowest BCUT2D eigenvalue weighted by molar-refractivity contribution is -0.119. The minimum atomic E-state index is -0.363. The van der Waals surface area contributed by atoms with E-state index in [1.807, 2.05) is 0 Å². The zero-order valence-corrected chi connectivity index (χ0v) is 5.50. The average Bonchev–Trinajstić information content (AvgIpc) is 2.34. The van der Waals surface area contributed by atoms with Gasteiger partial charge in [0.2, 0.25) is 5.91 Å². The Balaban J connectivity index is 2.45. The third-order valence-corrected chi connectivity index (χ3v) is 1.66. The molecule has 1 aliphatic rings. The predicted molar refractivity (Wildman–Crippen MR) is 34.7 cm³/mol. The Morgan fingerprint density at radius 2 is 2.50 bits per heavy atom. The summed E-state index contributed by atoms with van der Waals surface area (Å²) in [5.74, 6) is -0.407. The lowest BCUT2D eigenvalue weighted by Crippen LogP contribution is -2.36. The van der Waals surface area contributed by atoms with Crippen LogP contribution in [0.5, 0.6) is 0 Å². The van der Waals surface area contributed by atoms with Crippen LogP contribution < -0.4 is 11.1 Å². The summed E-state index contributed by atoms with van der Waals surface area (Å²) in [5.41, 5.74) is 5.00. The molecule has 0 aliphatic carbocycles. The van der Waals surface area contributed by atoms with Crippen molar-refractivity contribution in [3.05, 3.63) is 0 Å². The summed E-state index contributed by atoms with van der Waals surface area (Å²) >= 11 is 0. The first-order valence-electron chi connectivity index (χ1n) is 3.16. The number of nitrogens with two attached hydrogens (primary N) is 1. The highest BCUT2D eigenvalue weighted by Crippen LogP contribution is 2.11. The molecule has 0 aromatic rings. The molecule has 0 aromatic carbocycles. The molecule has 2 atom stereocenters. The van der Waals surface area contributed by atoms with E-state index in [0.29, 0.717) is 13.0 Å². The van der Waals surface area contributed by atoms with Gasteiger partial charge in [-0.1, -0.05) is 0 Å². The van der Waals surface area contributed by atoms with Crippen LogP contribution in [0, 0.1) is 17.2 Å². The van der Waals surface area contributed by atoms with Crippen LogP contribution in [0.2, 0.25) is 0 Å². The van der Waals surface area contributed by atoms with Gasteiger partial charge in [0.05, 0.1) is 18.0 Å². The van der Waals surface area contributed by atoms with Gasteiger partial charge < -0.3 is 11.1 Å². The fourth-order valence-corrected chi connectivity index (χ4v) is 1.05. The van der Waals surface area contributed by atoms with Crippen molar-refractivity contribution >= 4 is 5.91 Å². The number of amides is 1. The van der Waals surface area contributed by atoms with Crippen molar-refractivity contribution in [3.63, 3.8) is 0 Å². The Morgan fingerprint density at radius 1 is 1.80 bits per heavy atom. The minimum absolute atomic E-state index is 0.0440. The van der Waals surface area contributed by atoms with Crippen molar-refractivity contribution in [2.75, 3.05) is 6.54 Å². The molecule has 1 saturated heterocycles. The molecule has 0 bridgehead atoms. The molecular formula is C6H9N3O. The van der Waals surface area contributed by atoms with Gasteiger partial charge in [-0.15, -0.1) is 0 Å². The molecule has 10 heavy (non-hydrogen) atoms. The summed E-state index contributed by atoms with van der Waals surface area (Å²) in [5, 5.41) is 11.3. The van der Waals surface area contributed by atoms with Gasteiger partial charge in [-0.3, -0.25) is 4.79 Å². The van der Waals surface area contributed by atoms with Gasteiger partial charge in [-0.25, -0.2) is 0 Å². The smallest absolute Gasteiger partial charge is 0.234 e. The number of carbonyl (C=O) groups excluding carboxylic acids is 1. The highest BCUT2D eigenvalue weighted by molar-refractivity contribution is 5.80. The molecule has 1 amide bonds. The van der Waals surface area contributed by atoms with Crippen LogP contribution in [0.3, 0.4) is 0 Å². The van der Waals surface area contributed by atoms with Crippen LogP contribution in [-0.4, -0.2) is 18.5 Å². The fourth-order valence-electron chi connectivity index (χ4n) is 1.05. The van der Waals surface area contributed by atoms with Gasteiger partial charge in [-0.2, -0.15) is 5.26 Å². The predicted octanol–water partition coefficient (Wildman–Crippen LogP) is -1.03. The van der Waals surface area contributed by atoms with E-state index in [-0.39, 0.29) is 17.9 Å². The molecule has 3 N–H and O–H groups in total. The number of hydrogen-bond donors (Lipinski definition) is 2. The molecular weight excluding hydrogens is 130 g/mol. The van der Waals surface area contributed by atoms with E-state index in [1.54, 1.807) is 0 Å². The summed E-state index contributed by atoms with van der Waals surface area (Å²) in [4.78, 5) is 10.5. The van der Waals surface area contributed by atoms with Crippen LogP contribution >= 0.6 is 0 Å². The van der Waals surface area contributed by atoms with E-state index in [2.05, 4.69) is 11.4 Å². The quantitative estimate of drug-likeness (QED) is 0.487. The maximum Gasteiger partial charge on any atom is 0.234 e. The molecule has 54 valence electrons. The standard InChI is InChI=1S/C6H9N3O/c7-2-4-1-5(6(8)10)9-3-4/h4-5,9H,1,3H2,(H2,8,10). The average molecular weight is 139 g/mol. The Bertz CT molecular complexity index is 184. The highest BCUT2D eigenvalue weighted by Gasteiger charge is 2.27. The second-order valence-electron chi connectivity index (χ2n) is 2.42. The fraction of sp³-hybridized carbons (Fsp3) is 0.667. The van der Waals surface area contributed by atoms with Gasteiger partial charge in [0.1, 0.15) is 0 Å². The summed E-state index contributed by atoms with van der Waals surface area (Å²) < 4.78 is 0. The molecule has 4 nitrogen and oxygen atoms in total. The zero-order chi connectivity index (χ0) is 7.56. The first kappa shape index (κ1) is 7.03. The van der Waals surface area contributed by atoms with E-state index in [0.717, 1.165) is 0 Å². The van der Waals surface area contributed by atoms with Crippen molar-refractivity contribution in [2.45, 2.75) is 12.5 Å². The number of rotatable bonds is 1. The van der Waals surface area contributed by atoms with Gasteiger partial charge in [0.25, 0.3) is 0 Å². The number of nitrogens with one attached hydrogen (secondary N) is 1. The van der Waals surface area contributed by atoms with E-state index in [4.69, 9.17) is 11.0 Å². The van der Waals surface area contributed by atoms with Crippen molar-refractivity contribution < 1.29 is 4.79 Å². The van der Waals surface area contributed by atoms with Gasteiger partial charge in [-0.05, 0) is 6.42 Å². The zero-order valence-electron chi connectivity index (χ0n) is 5.50. The summed E-state index contributed by atoms with van der Waals surface area (Å²) in [6.45, 7) is 0.587. The lowest BCUT2D eigenvalue weighted by atomic mass is 10.1. The van der Waals surface area contributed by atoms with Crippen molar-refractivity contribution in [2.24, 2.45) is 11.7 Å². The van der Waals surface area contributed by atoms with E-state index >= 15 is 0 Å². The second-order valence-corrected chi connectivity index (χ2v) is 2.42.